The second kappa shape index (κ2) is 13.2. The molecule has 0 radical (unpaired) electrons. The maximum atomic E-state index is 11.3. The molecule has 0 aromatic heterocycles. The zero-order chi connectivity index (χ0) is 27.0. The molecular weight excluding hydrogens is 488 g/mol. The minimum atomic E-state index is -2.71. The van der Waals surface area contributed by atoms with Crippen LogP contribution in [0.25, 0.3) is 0 Å². The summed E-state index contributed by atoms with van der Waals surface area (Å²) < 4.78 is 19.8. The van der Waals surface area contributed by atoms with Gasteiger partial charge in [-0.3, -0.25) is 0 Å². The first kappa shape index (κ1) is 28.7. The average molecular weight is 533 g/mol. The molecule has 0 bridgehead atoms. The Labute approximate surface area is 230 Å². The number of aliphatic hydroxyl groups excluding tert-OH is 1. The molecule has 3 aromatic rings. The van der Waals surface area contributed by atoms with E-state index in [4.69, 9.17) is 13.9 Å². The molecule has 1 aliphatic rings. The van der Waals surface area contributed by atoms with Crippen LogP contribution in [0.3, 0.4) is 0 Å². The molecule has 1 aliphatic heterocycles. The van der Waals surface area contributed by atoms with Gasteiger partial charge in [0.2, 0.25) is 0 Å². The summed E-state index contributed by atoms with van der Waals surface area (Å²) in [5.41, 5.74) is 1.02. The highest BCUT2D eigenvalue weighted by Gasteiger charge is 2.50. The molecule has 0 saturated carbocycles. The van der Waals surface area contributed by atoms with Gasteiger partial charge in [0.05, 0.1) is 24.9 Å². The van der Waals surface area contributed by atoms with Crippen molar-refractivity contribution in [3.63, 3.8) is 0 Å². The summed E-state index contributed by atoms with van der Waals surface area (Å²) in [5, 5.41) is 13.6. The number of aliphatic hydroxyl groups is 1. The maximum Gasteiger partial charge on any atom is 0.261 e. The Morgan fingerprint density at radius 3 is 1.84 bits per heavy atom. The molecule has 1 saturated heterocycles. The van der Waals surface area contributed by atoms with Gasteiger partial charge in [-0.1, -0.05) is 138 Å². The predicted molar refractivity (Wildman–Crippen MR) is 157 cm³/mol. The molecule has 3 aromatic carbocycles. The fourth-order valence-electron chi connectivity index (χ4n) is 5.67. The molecular formula is C33H44O4Si. The van der Waals surface area contributed by atoms with E-state index in [0.29, 0.717) is 6.42 Å². The van der Waals surface area contributed by atoms with Gasteiger partial charge in [-0.2, -0.15) is 0 Å². The van der Waals surface area contributed by atoms with Crippen molar-refractivity contribution in [3.05, 3.63) is 96.6 Å². The summed E-state index contributed by atoms with van der Waals surface area (Å²) >= 11 is 0. The number of rotatable bonds is 12. The molecule has 1 fully saturated rings. The SMILES string of the molecule is CCCCCC1OC(c2ccccc2)OC1CC(O)CO[Si](c1ccccc1)(c1ccccc1)C(C)(C)C. The van der Waals surface area contributed by atoms with E-state index in [9.17, 15) is 5.11 Å². The van der Waals surface area contributed by atoms with Gasteiger partial charge >= 0.3 is 0 Å². The third-order valence-electron chi connectivity index (χ3n) is 7.59. The Bertz CT molecular complexity index is 1040. The summed E-state index contributed by atoms with van der Waals surface area (Å²) in [4.78, 5) is 0. The average Bonchev–Trinajstić information content (AvgIpc) is 3.32. The quantitative estimate of drug-likeness (QED) is 0.217. The number of benzene rings is 3. The van der Waals surface area contributed by atoms with E-state index in [-0.39, 0.29) is 23.9 Å². The Kier molecular flexibility index (Phi) is 9.96. The molecule has 0 amide bonds. The van der Waals surface area contributed by atoms with Crippen molar-refractivity contribution >= 4 is 18.7 Å². The fraction of sp³-hybridized carbons (Fsp3) is 0.455. The Morgan fingerprint density at radius 2 is 1.32 bits per heavy atom. The van der Waals surface area contributed by atoms with Crippen LogP contribution in [0, 0.1) is 0 Å². The zero-order valence-electron chi connectivity index (χ0n) is 23.4. The van der Waals surface area contributed by atoms with E-state index in [1.54, 1.807) is 0 Å². The van der Waals surface area contributed by atoms with E-state index >= 15 is 0 Å². The fourth-order valence-corrected chi connectivity index (χ4v) is 10.3. The summed E-state index contributed by atoms with van der Waals surface area (Å²) in [6.07, 6.45) is 3.59. The Hall–Kier alpha value is -2.28. The van der Waals surface area contributed by atoms with Crippen LogP contribution in [0.5, 0.6) is 0 Å². The number of hydrogen-bond donors (Lipinski definition) is 1. The maximum absolute atomic E-state index is 11.3. The van der Waals surface area contributed by atoms with Crippen LogP contribution in [-0.4, -0.2) is 38.3 Å². The van der Waals surface area contributed by atoms with Crippen LogP contribution in [0.2, 0.25) is 5.04 Å². The minimum absolute atomic E-state index is 0.0331. The lowest BCUT2D eigenvalue weighted by atomic mass is 10.0. The Balaban J connectivity index is 1.53. The molecule has 0 aliphatic carbocycles. The first-order chi connectivity index (χ1) is 18.3. The van der Waals surface area contributed by atoms with Crippen LogP contribution < -0.4 is 10.4 Å². The highest BCUT2D eigenvalue weighted by molar-refractivity contribution is 6.99. The van der Waals surface area contributed by atoms with Gasteiger partial charge in [0.25, 0.3) is 8.32 Å². The summed E-state index contributed by atoms with van der Waals surface area (Å²) in [7, 11) is -2.71. The smallest absolute Gasteiger partial charge is 0.261 e. The van der Waals surface area contributed by atoms with Crippen LogP contribution in [0.15, 0.2) is 91.0 Å². The molecule has 1 N–H and O–H groups in total. The predicted octanol–water partition coefficient (Wildman–Crippen LogP) is 6.38. The minimum Gasteiger partial charge on any atom is -0.405 e. The number of hydrogen-bond acceptors (Lipinski definition) is 4. The molecule has 4 rings (SSSR count). The van der Waals surface area contributed by atoms with Gasteiger partial charge in [-0.15, -0.1) is 0 Å². The second-order valence-electron chi connectivity index (χ2n) is 11.5. The summed E-state index contributed by atoms with van der Waals surface area (Å²) in [6, 6.07) is 31.2. The van der Waals surface area contributed by atoms with Crippen molar-refractivity contribution in [1.82, 2.24) is 0 Å². The third kappa shape index (κ3) is 6.64. The topological polar surface area (TPSA) is 47.9 Å². The summed E-state index contributed by atoms with van der Waals surface area (Å²) in [6.45, 7) is 9.24. The number of ether oxygens (including phenoxy) is 2. The zero-order valence-corrected chi connectivity index (χ0v) is 24.4. The standard InChI is InChI=1S/C33H44O4Si/c1-5-6-10-23-30-31(37-32(36-30)26-17-11-7-12-18-26)24-27(34)25-35-38(33(2,3)4,28-19-13-8-14-20-28)29-21-15-9-16-22-29/h7-9,11-22,27,30-32,34H,5-6,10,23-25H2,1-4H3. The van der Waals surface area contributed by atoms with E-state index in [2.05, 4.69) is 76.2 Å². The van der Waals surface area contributed by atoms with E-state index < -0.39 is 20.7 Å². The van der Waals surface area contributed by atoms with Gasteiger partial charge < -0.3 is 19.0 Å². The first-order valence-electron chi connectivity index (χ1n) is 14.1. The van der Waals surface area contributed by atoms with E-state index in [1.807, 2.05) is 42.5 Å². The highest BCUT2D eigenvalue weighted by Crippen LogP contribution is 2.38. The highest BCUT2D eigenvalue weighted by atomic mass is 28.4. The molecule has 0 spiro atoms. The number of unbranched alkanes of at least 4 members (excludes halogenated alkanes) is 2. The van der Waals surface area contributed by atoms with Gasteiger partial charge in [0.15, 0.2) is 6.29 Å². The largest absolute Gasteiger partial charge is 0.405 e. The van der Waals surface area contributed by atoms with Crippen LogP contribution in [0.4, 0.5) is 0 Å². The van der Waals surface area contributed by atoms with Crippen LogP contribution >= 0.6 is 0 Å². The third-order valence-corrected chi connectivity index (χ3v) is 12.6. The van der Waals surface area contributed by atoms with Crippen molar-refractivity contribution in [2.45, 2.75) is 89.4 Å². The molecule has 204 valence electrons. The molecule has 4 unspecified atom stereocenters. The van der Waals surface area contributed by atoms with E-state index in [0.717, 1.165) is 24.8 Å². The van der Waals surface area contributed by atoms with E-state index in [1.165, 1.54) is 16.8 Å². The normalized spacial score (nSPS) is 20.9. The first-order valence-corrected chi connectivity index (χ1v) is 16.0. The monoisotopic (exact) mass is 532 g/mol. The van der Waals surface area contributed by atoms with Gasteiger partial charge in [-0.05, 0) is 21.8 Å². The lowest BCUT2D eigenvalue weighted by Crippen LogP contribution is -2.67. The molecule has 4 atom stereocenters. The van der Waals surface area contributed by atoms with Crippen molar-refractivity contribution < 1.29 is 19.0 Å². The van der Waals surface area contributed by atoms with Gasteiger partial charge in [-0.25, -0.2) is 0 Å². The van der Waals surface area contributed by atoms with Crippen molar-refractivity contribution in [2.24, 2.45) is 0 Å². The molecule has 1 heterocycles. The van der Waals surface area contributed by atoms with Crippen molar-refractivity contribution in [2.75, 3.05) is 6.61 Å². The van der Waals surface area contributed by atoms with Gasteiger partial charge in [0, 0.05) is 12.0 Å². The summed E-state index contributed by atoms with van der Waals surface area (Å²) in [5.74, 6) is 0. The molecule has 5 heteroatoms. The van der Waals surface area contributed by atoms with Crippen molar-refractivity contribution in [3.8, 4) is 0 Å². The van der Waals surface area contributed by atoms with Crippen LogP contribution in [-0.2, 0) is 13.9 Å². The Morgan fingerprint density at radius 1 is 0.789 bits per heavy atom. The second-order valence-corrected chi connectivity index (χ2v) is 15.8. The van der Waals surface area contributed by atoms with Crippen LogP contribution in [0.1, 0.15) is 71.7 Å². The lowest BCUT2D eigenvalue weighted by Gasteiger charge is -2.43. The molecule has 38 heavy (non-hydrogen) atoms. The van der Waals surface area contributed by atoms with Gasteiger partial charge in [0.1, 0.15) is 0 Å². The van der Waals surface area contributed by atoms with Crippen molar-refractivity contribution in [1.29, 1.82) is 0 Å². The lowest BCUT2D eigenvalue weighted by molar-refractivity contribution is -0.0743. The molecule has 4 nitrogen and oxygen atoms in total.